The highest BCUT2D eigenvalue weighted by Crippen LogP contribution is 2.45. The number of thioether (sulfide) groups is 2. The number of unbranched alkanes of at least 4 members (excludes halogenated alkanes) is 1. The van der Waals surface area contributed by atoms with Gasteiger partial charge in [-0.25, -0.2) is 9.18 Å². The van der Waals surface area contributed by atoms with Gasteiger partial charge in [-0.05, 0) is 55.0 Å². The SMILES string of the molecule is CC.CCCC[C@@H]1CSc2cc(O/C=C(\F)C(=O)O)c(SC)cc2N(c2ccc(F)cc2)C1. The number of hydrogen-bond acceptors (Lipinski definition) is 5. The van der Waals surface area contributed by atoms with Crippen molar-refractivity contribution in [1.82, 2.24) is 0 Å². The van der Waals surface area contributed by atoms with E-state index in [1.807, 2.05) is 32.2 Å². The van der Waals surface area contributed by atoms with E-state index in [-0.39, 0.29) is 5.82 Å². The lowest BCUT2D eigenvalue weighted by Gasteiger charge is -2.28. The summed E-state index contributed by atoms with van der Waals surface area (Å²) in [6.45, 7) is 6.99. The summed E-state index contributed by atoms with van der Waals surface area (Å²) in [6.07, 6.45) is 5.86. The Balaban J connectivity index is 0.00000187. The molecule has 2 aromatic carbocycles. The Labute approximate surface area is 203 Å². The van der Waals surface area contributed by atoms with Crippen molar-refractivity contribution in [3.05, 3.63) is 54.3 Å². The van der Waals surface area contributed by atoms with Gasteiger partial charge in [0.2, 0.25) is 5.83 Å². The molecule has 1 N–H and O–H groups in total. The van der Waals surface area contributed by atoms with Crippen LogP contribution in [0.25, 0.3) is 0 Å². The fourth-order valence-corrected chi connectivity index (χ4v) is 5.16. The molecule has 0 saturated carbocycles. The van der Waals surface area contributed by atoms with Crippen molar-refractivity contribution in [3.63, 3.8) is 0 Å². The molecule has 0 saturated heterocycles. The van der Waals surface area contributed by atoms with Crippen LogP contribution in [0.4, 0.5) is 20.2 Å². The molecule has 0 aliphatic carbocycles. The summed E-state index contributed by atoms with van der Waals surface area (Å²) in [6, 6.07) is 10.3. The van der Waals surface area contributed by atoms with Gasteiger partial charge in [0, 0.05) is 22.9 Å². The van der Waals surface area contributed by atoms with Crippen LogP contribution < -0.4 is 9.64 Å². The van der Waals surface area contributed by atoms with Gasteiger partial charge in [-0.1, -0.05) is 33.6 Å². The van der Waals surface area contributed by atoms with Crippen molar-refractivity contribution < 1.29 is 23.4 Å². The van der Waals surface area contributed by atoms with Crippen LogP contribution in [0.3, 0.4) is 0 Å². The molecule has 33 heavy (non-hydrogen) atoms. The number of carboxylic acids is 1. The highest BCUT2D eigenvalue weighted by atomic mass is 32.2. The van der Waals surface area contributed by atoms with E-state index in [9.17, 15) is 13.6 Å². The third-order valence-electron chi connectivity index (χ3n) is 5.05. The minimum Gasteiger partial charge on any atom is -0.476 e. The van der Waals surface area contributed by atoms with E-state index in [1.165, 1.54) is 23.9 Å². The number of nitrogens with zero attached hydrogens (tertiary/aromatic N) is 1. The maximum absolute atomic E-state index is 13.5. The molecule has 180 valence electrons. The largest absolute Gasteiger partial charge is 0.476 e. The van der Waals surface area contributed by atoms with E-state index in [0.29, 0.717) is 17.9 Å². The molecule has 0 amide bonds. The molecule has 0 fully saturated rings. The van der Waals surface area contributed by atoms with Gasteiger partial charge in [-0.2, -0.15) is 4.39 Å². The van der Waals surface area contributed by atoms with E-state index in [0.717, 1.165) is 52.7 Å². The minimum atomic E-state index is -1.67. The lowest BCUT2D eigenvalue weighted by atomic mass is 10.0. The van der Waals surface area contributed by atoms with Gasteiger partial charge in [-0.15, -0.1) is 23.5 Å². The fourth-order valence-electron chi connectivity index (χ4n) is 3.42. The standard InChI is InChI=1S/C23H25F2NO3S2.C2H6/c1-3-4-5-15-12-26(17-8-6-16(24)7-9-17)19-10-22(30-2)20(11-21(19)31-14-15)29-13-18(25)23(27)28;1-2/h6-11,13,15H,3-5,12,14H2,1-2H3,(H,27,28);1-2H3/b18-13-;/t15-;/m0./s1. The molecule has 0 radical (unpaired) electrons. The molecule has 1 atom stereocenters. The third-order valence-corrected chi connectivity index (χ3v) is 7.08. The summed E-state index contributed by atoms with van der Waals surface area (Å²) < 4.78 is 32.3. The molecule has 8 heteroatoms. The van der Waals surface area contributed by atoms with Crippen molar-refractivity contribution in [1.29, 1.82) is 0 Å². The van der Waals surface area contributed by atoms with Crippen LogP contribution in [0, 0.1) is 11.7 Å². The van der Waals surface area contributed by atoms with Crippen LogP contribution in [0.1, 0.15) is 40.0 Å². The predicted octanol–water partition coefficient (Wildman–Crippen LogP) is 7.90. The zero-order valence-corrected chi connectivity index (χ0v) is 21.1. The van der Waals surface area contributed by atoms with Crippen LogP contribution in [-0.4, -0.2) is 29.6 Å². The van der Waals surface area contributed by atoms with E-state index in [4.69, 9.17) is 9.84 Å². The number of hydrogen-bond donors (Lipinski definition) is 1. The highest BCUT2D eigenvalue weighted by molar-refractivity contribution is 7.99. The highest BCUT2D eigenvalue weighted by Gasteiger charge is 2.25. The van der Waals surface area contributed by atoms with Gasteiger partial charge in [0.1, 0.15) is 17.8 Å². The Kier molecular flexibility index (Phi) is 11.1. The van der Waals surface area contributed by atoms with Crippen LogP contribution in [-0.2, 0) is 4.79 Å². The molecule has 0 aromatic heterocycles. The number of rotatable bonds is 8. The van der Waals surface area contributed by atoms with E-state index in [1.54, 1.807) is 23.9 Å². The zero-order valence-electron chi connectivity index (χ0n) is 19.4. The predicted molar refractivity (Wildman–Crippen MR) is 134 cm³/mol. The maximum atomic E-state index is 13.5. The Bertz CT molecular complexity index is 951. The zero-order chi connectivity index (χ0) is 24.4. The second-order valence-corrected chi connectivity index (χ2v) is 9.18. The van der Waals surface area contributed by atoms with E-state index in [2.05, 4.69) is 11.8 Å². The molecular weight excluding hydrogens is 464 g/mol. The van der Waals surface area contributed by atoms with Crippen molar-refractivity contribution >= 4 is 40.9 Å². The molecule has 1 heterocycles. The number of carbonyl (C=O) groups is 1. The second kappa shape index (κ2) is 13.5. The Morgan fingerprint density at radius 3 is 2.61 bits per heavy atom. The first kappa shape index (κ1) is 27.1. The number of benzene rings is 2. The van der Waals surface area contributed by atoms with Gasteiger partial charge >= 0.3 is 5.97 Å². The molecule has 1 aliphatic heterocycles. The smallest absolute Gasteiger partial charge is 0.368 e. The van der Waals surface area contributed by atoms with Gasteiger partial charge in [-0.3, -0.25) is 0 Å². The molecular formula is C25H31F2NO3S2. The van der Waals surface area contributed by atoms with Gasteiger partial charge < -0.3 is 14.7 Å². The average Bonchev–Trinajstić information content (AvgIpc) is 3.01. The van der Waals surface area contributed by atoms with Gasteiger partial charge in [0.15, 0.2) is 0 Å². The van der Waals surface area contributed by atoms with E-state index < -0.39 is 11.8 Å². The maximum Gasteiger partial charge on any atom is 0.368 e. The lowest BCUT2D eigenvalue weighted by Crippen LogP contribution is -2.25. The number of aliphatic carboxylic acids is 1. The first-order chi connectivity index (χ1) is 15.9. The average molecular weight is 496 g/mol. The summed E-state index contributed by atoms with van der Waals surface area (Å²) in [5.74, 6) is -1.54. The van der Waals surface area contributed by atoms with Crippen LogP contribution in [0.2, 0.25) is 0 Å². The molecule has 2 aromatic rings. The third kappa shape index (κ3) is 7.40. The summed E-state index contributed by atoms with van der Waals surface area (Å²) in [5, 5.41) is 8.73. The monoisotopic (exact) mass is 495 g/mol. The molecule has 0 bridgehead atoms. The number of ether oxygens (including phenoxy) is 1. The lowest BCUT2D eigenvalue weighted by molar-refractivity contribution is -0.134. The van der Waals surface area contributed by atoms with Gasteiger partial charge in [0.25, 0.3) is 0 Å². The van der Waals surface area contributed by atoms with Gasteiger partial charge in [0.05, 0.1) is 10.6 Å². The Morgan fingerprint density at radius 2 is 2.00 bits per heavy atom. The fraction of sp³-hybridized carbons (Fsp3) is 0.400. The number of fused-ring (bicyclic) bond motifs is 1. The summed E-state index contributed by atoms with van der Waals surface area (Å²) in [5.41, 5.74) is 1.89. The quantitative estimate of drug-likeness (QED) is 0.228. The Hall–Kier alpha value is -2.19. The summed E-state index contributed by atoms with van der Waals surface area (Å²) >= 11 is 3.14. The van der Waals surface area contributed by atoms with Crippen LogP contribution in [0.5, 0.6) is 5.75 Å². The molecule has 3 rings (SSSR count). The number of halogens is 2. The normalized spacial score (nSPS) is 15.8. The van der Waals surface area contributed by atoms with Crippen molar-refractivity contribution in [3.8, 4) is 5.75 Å². The van der Waals surface area contributed by atoms with E-state index >= 15 is 0 Å². The van der Waals surface area contributed by atoms with Crippen molar-refractivity contribution in [2.45, 2.75) is 49.8 Å². The summed E-state index contributed by atoms with van der Waals surface area (Å²) in [4.78, 5) is 14.6. The first-order valence-corrected chi connectivity index (χ1v) is 13.3. The topological polar surface area (TPSA) is 49.8 Å². The second-order valence-electron chi connectivity index (χ2n) is 7.27. The van der Waals surface area contributed by atoms with Crippen LogP contribution in [0.15, 0.2) is 58.3 Å². The van der Waals surface area contributed by atoms with Crippen LogP contribution >= 0.6 is 23.5 Å². The molecule has 4 nitrogen and oxygen atoms in total. The number of anilines is 2. The molecule has 0 unspecified atom stereocenters. The Morgan fingerprint density at radius 1 is 1.30 bits per heavy atom. The van der Waals surface area contributed by atoms with Crippen molar-refractivity contribution in [2.24, 2.45) is 5.92 Å². The molecule has 0 spiro atoms. The first-order valence-electron chi connectivity index (χ1n) is 11.1. The van der Waals surface area contributed by atoms with Crippen molar-refractivity contribution in [2.75, 3.05) is 23.5 Å². The molecule has 1 aliphatic rings. The summed E-state index contributed by atoms with van der Waals surface area (Å²) in [7, 11) is 0. The minimum absolute atomic E-state index is 0.281. The number of carboxylic acid groups (broad SMARTS) is 1.